The van der Waals surface area contributed by atoms with Gasteiger partial charge in [-0.1, -0.05) is 38.1 Å². The number of hydrogen-bond donors (Lipinski definition) is 0. The quantitative estimate of drug-likeness (QED) is 0.747. The lowest BCUT2D eigenvalue weighted by Crippen LogP contribution is -1.95. The maximum absolute atomic E-state index is 11.5. The number of thiazole rings is 1. The second kappa shape index (κ2) is 5.91. The molecule has 0 unspecified atom stereocenters. The smallest absolute Gasteiger partial charge is 0.162 e. The molecule has 0 amide bonds. The molecule has 0 fully saturated rings. The first-order chi connectivity index (χ1) is 8.74. The molecular formula is C15H17NOS. The lowest BCUT2D eigenvalue weighted by atomic mass is 10.1. The van der Waals surface area contributed by atoms with Crippen molar-refractivity contribution in [2.75, 3.05) is 0 Å². The predicted octanol–water partition coefficient (Wildman–Crippen LogP) is 4.36. The molecule has 2 aromatic rings. The molecule has 0 radical (unpaired) electrons. The highest BCUT2D eigenvalue weighted by atomic mass is 32.1. The van der Waals surface area contributed by atoms with E-state index in [2.05, 4.69) is 11.9 Å². The van der Waals surface area contributed by atoms with Crippen molar-refractivity contribution in [3.05, 3.63) is 41.0 Å². The number of carbonyl (C=O) groups is 1. The third kappa shape index (κ3) is 2.85. The Bertz CT molecular complexity index is 528. The Labute approximate surface area is 112 Å². The molecule has 94 valence electrons. The molecule has 0 atom stereocenters. The summed E-state index contributed by atoms with van der Waals surface area (Å²) in [6, 6.07) is 7.82. The van der Waals surface area contributed by atoms with Gasteiger partial charge in [0.2, 0.25) is 0 Å². The number of ketones is 1. The van der Waals surface area contributed by atoms with Crippen LogP contribution in [-0.2, 0) is 6.42 Å². The zero-order chi connectivity index (χ0) is 13.0. The van der Waals surface area contributed by atoms with Crippen LogP contribution in [0.2, 0.25) is 0 Å². The molecule has 0 aliphatic rings. The molecule has 3 heteroatoms. The van der Waals surface area contributed by atoms with Crippen molar-refractivity contribution in [3.8, 4) is 10.4 Å². The van der Waals surface area contributed by atoms with Gasteiger partial charge in [-0.2, -0.15) is 0 Å². The Balaban J connectivity index is 2.20. The third-order valence-corrected chi connectivity index (χ3v) is 3.94. The number of carbonyl (C=O) groups excluding carboxylic acids is 1. The fraction of sp³-hybridized carbons (Fsp3) is 0.333. The van der Waals surface area contributed by atoms with Gasteiger partial charge in [-0.05, 0) is 18.4 Å². The van der Waals surface area contributed by atoms with Gasteiger partial charge in [-0.3, -0.25) is 4.79 Å². The average Bonchev–Trinajstić information content (AvgIpc) is 2.87. The van der Waals surface area contributed by atoms with Gasteiger partial charge in [0.05, 0.1) is 9.88 Å². The SMILES string of the molecule is CCCc1ncc(-c2ccc(C(=O)CC)cc2)s1. The van der Waals surface area contributed by atoms with Crippen LogP contribution in [0.1, 0.15) is 42.1 Å². The number of aryl methyl sites for hydroxylation is 1. The minimum absolute atomic E-state index is 0.192. The van der Waals surface area contributed by atoms with Gasteiger partial charge in [0.25, 0.3) is 0 Å². The van der Waals surface area contributed by atoms with E-state index in [0.29, 0.717) is 6.42 Å². The largest absolute Gasteiger partial charge is 0.294 e. The van der Waals surface area contributed by atoms with E-state index in [1.165, 1.54) is 9.88 Å². The molecular weight excluding hydrogens is 242 g/mol. The van der Waals surface area contributed by atoms with Crippen molar-refractivity contribution in [2.45, 2.75) is 33.1 Å². The number of nitrogens with zero attached hydrogens (tertiary/aromatic N) is 1. The van der Waals surface area contributed by atoms with Gasteiger partial charge in [0, 0.05) is 18.2 Å². The van der Waals surface area contributed by atoms with Crippen LogP contribution in [0.25, 0.3) is 10.4 Å². The van der Waals surface area contributed by atoms with Crippen molar-refractivity contribution >= 4 is 17.1 Å². The fourth-order valence-corrected chi connectivity index (χ4v) is 2.82. The highest BCUT2D eigenvalue weighted by Crippen LogP contribution is 2.27. The van der Waals surface area contributed by atoms with Crippen LogP contribution in [0.5, 0.6) is 0 Å². The topological polar surface area (TPSA) is 30.0 Å². The monoisotopic (exact) mass is 259 g/mol. The predicted molar refractivity (Wildman–Crippen MR) is 76.2 cm³/mol. The first-order valence-electron chi connectivity index (χ1n) is 6.33. The molecule has 1 heterocycles. The van der Waals surface area contributed by atoms with Crippen LogP contribution in [0, 0.1) is 0 Å². The molecule has 0 saturated carbocycles. The number of Topliss-reactive ketones (excluding diaryl/α,β-unsaturated/α-hetero) is 1. The maximum atomic E-state index is 11.5. The van der Waals surface area contributed by atoms with Gasteiger partial charge >= 0.3 is 0 Å². The van der Waals surface area contributed by atoms with E-state index in [4.69, 9.17) is 0 Å². The van der Waals surface area contributed by atoms with Crippen molar-refractivity contribution in [2.24, 2.45) is 0 Å². The molecule has 0 bridgehead atoms. The molecule has 1 aromatic carbocycles. The number of rotatable bonds is 5. The summed E-state index contributed by atoms with van der Waals surface area (Å²) in [5, 5.41) is 1.18. The highest BCUT2D eigenvalue weighted by Gasteiger charge is 2.06. The van der Waals surface area contributed by atoms with E-state index in [0.717, 1.165) is 24.0 Å². The van der Waals surface area contributed by atoms with Gasteiger partial charge in [0.15, 0.2) is 5.78 Å². The standard InChI is InChI=1S/C15H17NOS/c1-3-5-15-16-10-14(18-15)12-8-6-11(7-9-12)13(17)4-2/h6-10H,3-5H2,1-2H3. The molecule has 18 heavy (non-hydrogen) atoms. The number of benzene rings is 1. The summed E-state index contributed by atoms with van der Waals surface area (Å²) in [5.74, 6) is 0.192. The van der Waals surface area contributed by atoms with Crippen molar-refractivity contribution in [1.29, 1.82) is 0 Å². The lowest BCUT2D eigenvalue weighted by molar-refractivity contribution is 0.0988. The molecule has 0 saturated heterocycles. The van der Waals surface area contributed by atoms with Crippen molar-refractivity contribution in [1.82, 2.24) is 4.98 Å². The van der Waals surface area contributed by atoms with E-state index < -0.39 is 0 Å². The summed E-state index contributed by atoms with van der Waals surface area (Å²) in [4.78, 5) is 17.1. The molecule has 2 nitrogen and oxygen atoms in total. The summed E-state index contributed by atoms with van der Waals surface area (Å²) < 4.78 is 0. The maximum Gasteiger partial charge on any atom is 0.162 e. The van der Waals surface area contributed by atoms with Crippen molar-refractivity contribution < 1.29 is 4.79 Å². The van der Waals surface area contributed by atoms with Gasteiger partial charge in [-0.15, -0.1) is 11.3 Å². The van der Waals surface area contributed by atoms with Gasteiger partial charge in [0.1, 0.15) is 0 Å². The first-order valence-corrected chi connectivity index (χ1v) is 7.14. The van der Waals surface area contributed by atoms with E-state index in [1.807, 2.05) is 37.4 Å². The van der Waals surface area contributed by atoms with Gasteiger partial charge in [-0.25, -0.2) is 4.98 Å². The van der Waals surface area contributed by atoms with Crippen molar-refractivity contribution in [3.63, 3.8) is 0 Å². The van der Waals surface area contributed by atoms with Crippen LogP contribution in [-0.4, -0.2) is 10.8 Å². The van der Waals surface area contributed by atoms with E-state index >= 15 is 0 Å². The van der Waals surface area contributed by atoms with Crippen LogP contribution in [0.4, 0.5) is 0 Å². The third-order valence-electron chi connectivity index (χ3n) is 2.83. The van der Waals surface area contributed by atoms with Crippen LogP contribution < -0.4 is 0 Å². The fourth-order valence-electron chi connectivity index (χ4n) is 1.80. The lowest BCUT2D eigenvalue weighted by Gasteiger charge is -2.00. The molecule has 1 aromatic heterocycles. The highest BCUT2D eigenvalue weighted by molar-refractivity contribution is 7.15. The van der Waals surface area contributed by atoms with E-state index in [1.54, 1.807) is 11.3 Å². The molecule has 0 spiro atoms. The summed E-state index contributed by atoms with van der Waals surface area (Å²) in [6.45, 7) is 4.04. The Morgan fingerprint density at radius 3 is 2.56 bits per heavy atom. The van der Waals surface area contributed by atoms with Crippen LogP contribution in [0.15, 0.2) is 30.5 Å². The van der Waals surface area contributed by atoms with Gasteiger partial charge < -0.3 is 0 Å². The summed E-state index contributed by atoms with van der Waals surface area (Å²) in [6.07, 6.45) is 4.64. The first kappa shape index (κ1) is 13.0. The summed E-state index contributed by atoms with van der Waals surface area (Å²) >= 11 is 1.73. The Hall–Kier alpha value is -1.48. The van der Waals surface area contributed by atoms with E-state index in [-0.39, 0.29) is 5.78 Å². The second-order valence-corrected chi connectivity index (χ2v) is 5.34. The molecule has 0 aliphatic carbocycles. The number of aromatic nitrogens is 1. The normalized spacial score (nSPS) is 10.6. The Kier molecular flexibility index (Phi) is 4.26. The van der Waals surface area contributed by atoms with E-state index in [9.17, 15) is 4.79 Å². The average molecular weight is 259 g/mol. The molecule has 0 aliphatic heterocycles. The number of hydrogen-bond acceptors (Lipinski definition) is 3. The molecule has 2 rings (SSSR count). The second-order valence-electron chi connectivity index (χ2n) is 4.22. The van der Waals surface area contributed by atoms with Crippen LogP contribution in [0.3, 0.4) is 0 Å². The zero-order valence-electron chi connectivity index (χ0n) is 10.8. The minimum Gasteiger partial charge on any atom is -0.294 e. The Morgan fingerprint density at radius 2 is 1.94 bits per heavy atom. The summed E-state index contributed by atoms with van der Waals surface area (Å²) in [5.41, 5.74) is 1.93. The Morgan fingerprint density at radius 1 is 1.22 bits per heavy atom. The minimum atomic E-state index is 0.192. The summed E-state index contributed by atoms with van der Waals surface area (Å²) in [7, 11) is 0. The molecule has 0 N–H and O–H groups in total. The zero-order valence-corrected chi connectivity index (χ0v) is 11.6. The van der Waals surface area contributed by atoms with Crippen LogP contribution >= 0.6 is 11.3 Å².